The summed E-state index contributed by atoms with van der Waals surface area (Å²) in [5.74, 6) is -1.23. The molecule has 0 bridgehead atoms. The van der Waals surface area contributed by atoms with Crippen molar-refractivity contribution in [3.05, 3.63) is 93.5 Å². The maximum atomic E-state index is 12.5. The Hall–Kier alpha value is -3.12. The predicted molar refractivity (Wildman–Crippen MR) is 117 cm³/mol. The minimum Gasteiger partial charge on any atom is -0.479 e. The number of nitrogens with one attached hydrogen (secondary N) is 1. The van der Waals surface area contributed by atoms with Crippen molar-refractivity contribution in [3.8, 4) is 11.1 Å². The van der Waals surface area contributed by atoms with E-state index >= 15 is 0 Å². The minimum absolute atomic E-state index is 0.0821. The van der Waals surface area contributed by atoms with Gasteiger partial charge in [-0.05, 0) is 46.4 Å². The van der Waals surface area contributed by atoms with Gasteiger partial charge < -0.3 is 15.2 Å². The molecule has 0 fully saturated rings. The first kappa shape index (κ1) is 20.2. The van der Waals surface area contributed by atoms with Crippen LogP contribution in [0.5, 0.6) is 0 Å². The van der Waals surface area contributed by atoms with E-state index in [1.165, 1.54) is 0 Å². The topological polar surface area (TPSA) is 75.6 Å². The number of aryl methyl sites for hydroxylation is 1. The molecule has 0 aromatic heterocycles. The number of carbonyl (C=O) groups excluding carboxylic acids is 1. The van der Waals surface area contributed by atoms with Gasteiger partial charge in [0.25, 0.3) is 0 Å². The molecule has 0 aliphatic heterocycles. The maximum Gasteiger partial charge on any atom is 0.408 e. The first-order valence-electron chi connectivity index (χ1n) is 9.56. The fraction of sp³-hybridized carbons (Fsp3) is 0.167. The van der Waals surface area contributed by atoms with Gasteiger partial charge in [-0.3, -0.25) is 0 Å². The van der Waals surface area contributed by atoms with Gasteiger partial charge in [-0.25, -0.2) is 9.59 Å². The number of hydrogen-bond donors (Lipinski definition) is 2. The van der Waals surface area contributed by atoms with E-state index in [4.69, 9.17) is 4.74 Å². The molecule has 1 aliphatic rings. The maximum absolute atomic E-state index is 12.5. The van der Waals surface area contributed by atoms with Crippen molar-refractivity contribution in [3.63, 3.8) is 0 Å². The summed E-state index contributed by atoms with van der Waals surface area (Å²) in [6, 6.07) is 20.1. The zero-order chi connectivity index (χ0) is 21.3. The Kier molecular flexibility index (Phi) is 5.59. The highest BCUT2D eigenvalue weighted by molar-refractivity contribution is 9.10. The Balaban J connectivity index is 1.49. The van der Waals surface area contributed by atoms with E-state index in [1.54, 1.807) is 18.2 Å². The summed E-state index contributed by atoms with van der Waals surface area (Å²) in [4.78, 5) is 24.2. The van der Waals surface area contributed by atoms with Crippen LogP contribution in [-0.2, 0) is 9.53 Å². The molecular weight excluding hydrogens is 446 g/mol. The third-order valence-corrected chi connectivity index (χ3v) is 6.26. The zero-order valence-corrected chi connectivity index (χ0v) is 17.8. The summed E-state index contributed by atoms with van der Waals surface area (Å²) in [5, 5.41) is 12.1. The average Bonchev–Trinajstić information content (AvgIpc) is 3.06. The lowest BCUT2D eigenvalue weighted by Crippen LogP contribution is -2.34. The molecule has 30 heavy (non-hydrogen) atoms. The van der Waals surface area contributed by atoms with Crippen molar-refractivity contribution in [1.82, 2.24) is 5.32 Å². The van der Waals surface area contributed by atoms with Crippen molar-refractivity contribution < 1.29 is 19.4 Å². The molecule has 0 radical (unpaired) electrons. The molecule has 1 atom stereocenters. The lowest BCUT2D eigenvalue weighted by Gasteiger charge is -2.18. The van der Waals surface area contributed by atoms with Crippen LogP contribution < -0.4 is 5.32 Å². The molecule has 3 aromatic carbocycles. The van der Waals surface area contributed by atoms with E-state index < -0.39 is 18.1 Å². The van der Waals surface area contributed by atoms with Crippen molar-refractivity contribution >= 4 is 28.0 Å². The summed E-state index contributed by atoms with van der Waals surface area (Å²) < 4.78 is 6.34. The smallest absolute Gasteiger partial charge is 0.408 e. The van der Waals surface area contributed by atoms with Gasteiger partial charge in [-0.1, -0.05) is 76.6 Å². The van der Waals surface area contributed by atoms with Gasteiger partial charge in [0.05, 0.1) is 0 Å². The number of aliphatic carboxylic acids is 1. The summed E-state index contributed by atoms with van der Waals surface area (Å²) in [5.41, 5.74) is 5.84. The Morgan fingerprint density at radius 1 is 1.03 bits per heavy atom. The number of ether oxygens (including phenoxy) is 1. The lowest BCUT2D eigenvalue weighted by molar-refractivity contribution is -0.139. The number of hydrogen-bond acceptors (Lipinski definition) is 3. The summed E-state index contributed by atoms with van der Waals surface area (Å²) in [6.45, 7) is 1.99. The molecule has 1 amide bonds. The van der Waals surface area contributed by atoms with Crippen LogP contribution in [0, 0.1) is 6.92 Å². The van der Waals surface area contributed by atoms with E-state index in [2.05, 4.69) is 33.4 Å². The van der Waals surface area contributed by atoms with Crippen molar-refractivity contribution in [1.29, 1.82) is 0 Å². The summed E-state index contributed by atoms with van der Waals surface area (Å²) >= 11 is 3.40. The number of rotatable bonds is 5. The second kappa shape index (κ2) is 8.32. The van der Waals surface area contributed by atoms with E-state index in [1.807, 2.05) is 43.3 Å². The largest absolute Gasteiger partial charge is 0.479 e. The first-order chi connectivity index (χ1) is 14.5. The van der Waals surface area contributed by atoms with E-state index in [0.29, 0.717) is 5.56 Å². The molecule has 0 saturated carbocycles. The third kappa shape index (κ3) is 3.83. The highest BCUT2D eigenvalue weighted by atomic mass is 79.9. The lowest BCUT2D eigenvalue weighted by atomic mass is 9.98. The second-order valence-electron chi connectivity index (χ2n) is 7.25. The Morgan fingerprint density at radius 3 is 2.20 bits per heavy atom. The molecule has 0 spiro atoms. The number of halogens is 1. The number of fused-ring (bicyclic) bond motifs is 3. The Bertz CT molecular complexity index is 1080. The van der Waals surface area contributed by atoms with E-state index in [0.717, 1.165) is 32.3 Å². The number of carbonyl (C=O) groups is 2. The predicted octanol–water partition coefficient (Wildman–Crippen LogP) is 5.42. The molecule has 0 saturated heterocycles. The molecule has 5 nitrogen and oxygen atoms in total. The third-order valence-electron chi connectivity index (χ3n) is 5.37. The molecule has 1 aliphatic carbocycles. The van der Waals surface area contributed by atoms with Crippen molar-refractivity contribution in [2.75, 3.05) is 6.61 Å². The van der Waals surface area contributed by atoms with Gasteiger partial charge in [0.15, 0.2) is 6.04 Å². The number of carboxylic acid groups (broad SMARTS) is 1. The fourth-order valence-corrected chi connectivity index (χ4v) is 4.14. The van der Waals surface area contributed by atoms with Gasteiger partial charge in [0, 0.05) is 10.4 Å². The first-order valence-corrected chi connectivity index (χ1v) is 10.4. The van der Waals surface area contributed by atoms with Crippen molar-refractivity contribution in [2.24, 2.45) is 0 Å². The van der Waals surface area contributed by atoms with Crippen LogP contribution in [0.1, 0.15) is 34.2 Å². The Labute approximate surface area is 182 Å². The van der Waals surface area contributed by atoms with E-state index in [9.17, 15) is 14.7 Å². The number of carboxylic acids is 1. The zero-order valence-electron chi connectivity index (χ0n) is 16.3. The molecule has 4 rings (SSSR count). The van der Waals surface area contributed by atoms with Crippen LogP contribution in [0.15, 0.2) is 71.2 Å². The number of alkyl carbamates (subject to hydrolysis) is 1. The van der Waals surface area contributed by atoms with Gasteiger partial charge in [-0.15, -0.1) is 0 Å². The standard InChI is InChI=1S/C24H20BrNO4/c1-14-12-15(10-11-21(14)25)22(23(27)28)26-24(29)30-13-20-18-8-4-2-6-16(18)17-7-3-5-9-19(17)20/h2-12,20,22H,13H2,1H3,(H,26,29)(H,27,28). The number of benzene rings is 3. The van der Waals surface area contributed by atoms with Crippen molar-refractivity contribution in [2.45, 2.75) is 18.9 Å². The highest BCUT2D eigenvalue weighted by Gasteiger charge is 2.30. The molecule has 2 N–H and O–H groups in total. The van der Waals surface area contributed by atoms with Crippen LogP contribution in [0.25, 0.3) is 11.1 Å². The molecule has 3 aromatic rings. The summed E-state index contributed by atoms with van der Waals surface area (Å²) in [6.07, 6.45) is -0.759. The minimum atomic E-state index is -1.19. The van der Waals surface area contributed by atoms with Gasteiger partial charge in [0.1, 0.15) is 6.61 Å². The monoisotopic (exact) mass is 465 g/mol. The molecule has 152 valence electrons. The SMILES string of the molecule is Cc1cc(C(NC(=O)OCC2c3ccccc3-c3ccccc32)C(=O)O)ccc1Br. The van der Waals surface area contributed by atoms with E-state index in [-0.39, 0.29) is 12.5 Å². The Morgan fingerprint density at radius 2 is 1.63 bits per heavy atom. The van der Waals surface area contributed by atoms with Crippen LogP contribution >= 0.6 is 15.9 Å². The normalized spacial score (nSPS) is 13.3. The average molecular weight is 466 g/mol. The van der Waals surface area contributed by atoms with Gasteiger partial charge >= 0.3 is 12.1 Å². The fourth-order valence-electron chi connectivity index (χ4n) is 3.89. The molecule has 6 heteroatoms. The quantitative estimate of drug-likeness (QED) is 0.527. The molecular formula is C24H20BrNO4. The van der Waals surface area contributed by atoms with Crippen LogP contribution in [0.4, 0.5) is 4.79 Å². The summed E-state index contributed by atoms with van der Waals surface area (Å²) in [7, 11) is 0. The number of amides is 1. The van der Waals surface area contributed by atoms with Gasteiger partial charge in [0.2, 0.25) is 0 Å². The molecule has 0 heterocycles. The highest BCUT2D eigenvalue weighted by Crippen LogP contribution is 2.44. The molecule has 1 unspecified atom stereocenters. The second-order valence-corrected chi connectivity index (χ2v) is 8.10. The van der Waals surface area contributed by atoms with Gasteiger partial charge in [-0.2, -0.15) is 0 Å². The van der Waals surface area contributed by atoms with Crippen LogP contribution in [0.2, 0.25) is 0 Å². The van der Waals surface area contributed by atoms with Crippen LogP contribution in [0.3, 0.4) is 0 Å². The van der Waals surface area contributed by atoms with Crippen LogP contribution in [-0.4, -0.2) is 23.8 Å².